The fraction of sp³-hybridized carbons (Fsp3) is 0.245. The van der Waals surface area contributed by atoms with Crippen LogP contribution in [-0.4, -0.2) is 80.4 Å². The van der Waals surface area contributed by atoms with Crippen LogP contribution >= 0.6 is 0 Å². The number of benzene rings is 6. The number of rotatable bonds is 16. The lowest BCUT2D eigenvalue weighted by Crippen LogP contribution is -2.49. The van der Waals surface area contributed by atoms with E-state index in [-0.39, 0.29) is 25.6 Å². The number of tetrazole rings is 1. The lowest BCUT2D eigenvalue weighted by atomic mass is 9.77. The minimum absolute atomic E-state index is 0.106. The minimum Gasteiger partial charge on any atom is -0.467 e. The number of esters is 1. The summed E-state index contributed by atoms with van der Waals surface area (Å²) in [6, 6.07) is 55.0. The van der Waals surface area contributed by atoms with Gasteiger partial charge in [-0.2, -0.15) is 0 Å². The quantitative estimate of drug-likeness (QED) is 0.0578. The van der Waals surface area contributed by atoms with Gasteiger partial charge in [0.05, 0.1) is 13.2 Å². The van der Waals surface area contributed by atoms with Crippen molar-refractivity contribution in [3.63, 3.8) is 0 Å². The van der Waals surface area contributed by atoms with Gasteiger partial charge in [0.2, 0.25) is 0 Å². The molecule has 2 atom stereocenters. The van der Waals surface area contributed by atoms with E-state index in [0.29, 0.717) is 18.9 Å². The van der Waals surface area contributed by atoms with Crippen molar-refractivity contribution in [3.05, 3.63) is 198 Å². The number of amides is 3. The van der Waals surface area contributed by atoms with Crippen LogP contribution in [0.5, 0.6) is 0 Å². The first-order valence-corrected chi connectivity index (χ1v) is 22.2. The number of methoxy groups -OCH3 is 1. The number of nitrogens with one attached hydrogen (secondary N) is 1. The number of hydrogen-bond acceptors (Lipinski definition) is 8. The third-order valence-electron chi connectivity index (χ3n) is 12.0. The maximum atomic E-state index is 14.5. The predicted octanol–water partition coefficient (Wildman–Crippen LogP) is 9.50. The van der Waals surface area contributed by atoms with Crippen LogP contribution in [0.2, 0.25) is 0 Å². The molecule has 1 saturated heterocycles. The number of nitrogens with zero attached hydrogens (tertiary/aromatic N) is 6. The molecule has 0 spiro atoms. The highest BCUT2D eigenvalue weighted by atomic mass is 16.5. The first-order valence-electron chi connectivity index (χ1n) is 22.2. The summed E-state index contributed by atoms with van der Waals surface area (Å²) in [6.07, 6.45) is 2.31. The molecule has 1 aliphatic heterocycles. The van der Waals surface area contributed by atoms with Gasteiger partial charge in [-0.05, 0) is 55.8 Å². The zero-order chi connectivity index (χ0) is 45.0. The molecule has 6 aromatic carbocycles. The van der Waals surface area contributed by atoms with Crippen molar-refractivity contribution >= 4 is 18.1 Å². The topological polar surface area (TPSA) is 132 Å². The number of aromatic nitrogens is 4. The number of ether oxygens (including phenoxy) is 2. The van der Waals surface area contributed by atoms with E-state index in [1.165, 1.54) is 12.0 Å². The normalized spacial score (nSPS) is 14.7. The summed E-state index contributed by atoms with van der Waals surface area (Å²) in [7, 11) is 1.31. The molecule has 0 bridgehead atoms. The molecule has 65 heavy (non-hydrogen) atoms. The van der Waals surface area contributed by atoms with Crippen molar-refractivity contribution < 1.29 is 23.9 Å². The van der Waals surface area contributed by atoms with Gasteiger partial charge in [0, 0.05) is 31.6 Å². The average Bonchev–Trinajstić information content (AvgIpc) is 4.03. The van der Waals surface area contributed by atoms with Crippen molar-refractivity contribution in [2.24, 2.45) is 0 Å². The van der Waals surface area contributed by atoms with Crippen molar-refractivity contribution in [3.8, 4) is 22.5 Å². The van der Waals surface area contributed by atoms with Gasteiger partial charge >= 0.3 is 18.1 Å². The maximum absolute atomic E-state index is 14.5. The van der Waals surface area contributed by atoms with E-state index in [9.17, 15) is 14.4 Å². The van der Waals surface area contributed by atoms with E-state index in [0.717, 1.165) is 63.8 Å². The standard InChI is InChI=1S/C53H53N7O5/c1-3-4-19-34-58(52(63)59-37-45(35-48(59)50(61)64-2)54-51(62)65-38-40-20-9-5-10-21-40)36-39-30-32-41(33-31-39)46-28-17-18-29-47(46)49-55-56-57-60(49)53(42-22-11-6-12-23-42,43-24-13-7-14-25-43)44-26-15-8-16-27-44/h5-18,20-33,45,48H,3-4,19,34-38H2,1-2H3,(H,54,62)/t45-,48-/m0/s1. The molecule has 12 heteroatoms. The Labute approximate surface area is 379 Å². The molecule has 330 valence electrons. The number of unbranched alkanes of at least 4 members (excludes halogenated alkanes) is 2. The number of urea groups is 1. The van der Waals surface area contributed by atoms with Gasteiger partial charge in [0.15, 0.2) is 5.82 Å². The second kappa shape index (κ2) is 20.7. The molecule has 1 N–H and O–H groups in total. The van der Waals surface area contributed by atoms with E-state index in [1.807, 2.05) is 120 Å². The summed E-state index contributed by atoms with van der Waals surface area (Å²) < 4.78 is 12.5. The summed E-state index contributed by atoms with van der Waals surface area (Å²) >= 11 is 0. The Morgan fingerprint density at radius 3 is 1.86 bits per heavy atom. The Kier molecular flexibility index (Phi) is 14.0. The predicted molar refractivity (Wildman–Crippen MR) is 249 cm³/mol. The molecule has 0 unspecified atom stereocenters. The lowest BCUT2D eigenvalue weighted by molar-refractivity contribution is -0.145. The number of alkyl carbamates (subject to hydrolysis) is 1. The van der Waals surface area contributed by atoms with Gasteiger partial charge < -0.3 is 24.6 Å². The summed E-state index contributed by atoms with van der Waals surface area (Å²) in [6.45, 7) is 3.17. The molecular formula is C53H53N7O5. The maximum Gasteiger partial charge on any atom is 0.407 e. The number of hydrogen-bond donors (Lipinski definition) is 1. The summed E-state index contributed by atoms with van der Waals surface area (Å²) in [5.41, 5.74) is 6.61. The third-order valence-corrected chi connectivity index (χ3v) is 12.0. The van der Waals surface area contributed by atoms with Crippen LogP contribution in [0.25, 0.3) is 22.5 Å². The molecule has 0 radical (unpaired) electrons. The fourth-order valence-electron chi connectivity index (χ4n) is 8.85. The average molecular weight is 868 g/mol. The molecule has 2 heterocycles. The van der Waals surface area contributed by atoms with Gasteiger partial charge in [-0.1, -0.05) is 190 Å². The van der Waals surface area contributed by atoms with Gasteiger partial charge in [-0.25, -0.2) is 19.1 Å². The Morgan fingerprint density at radius 2 is 1.28 bits per heavy atom. The van der Waals surface area contributed by atoms with Crippen molar-refractivity contribution in [2.75, 3.05) is 20.2 Å². The van der Waals surface area contributed by atoms with E-state index < -0.39 is 29.7 Å². The van der Waals surface area contributed by atoms with Crippen LogP contribution < -0.4 is 5.32 Å². The Hall–Kier alpha value is -7.60. The summed E-state index contributed by atoms with van der Waals surface area (Å²) in [5.74, 6) is 0.0633. The highest BCUT2D eigenvalue weighted by Crippen LogP contribution is 2.43. The van der Waals surface area contributed by atoms with Crippen LogP contribution in [0.15, 0.2) is 170 Å². The third kappa shape index (κ3) is 9.67. The van der Waals surface area contributed by atoms with Gasteiger partial charge in [0.25, 0.3) is 0 Å². The van der Waals surface area contributed by atoms with Gasteiger partial charge in [0.1, 0.15) is 18.2 Å². The van der Waals surface area contributed by atoms with Crippen LogP contribution in [0, 0.1) is 0 Å². The van der Waals surface area contributed by atoms with Gasteiger partial charge in [-0.3, -0.25) is 0 Å². The molecule has 0 aliphatic carbocycles. The highest BCUT2D eigenvalue weighted by molar-refractivity contribution is 5.85. The molecule has 1 aliphatic rings. The lowest BCUT2D eigenvalue weighted by Gasteiger charge is -2.36. The van der Waals surface area contributed by atoms with E-state index in [1.54, 1.807) is 4.90 Å². The second-order valence-corrected chi connectivity index (χ2v) is 16.2. The molecular weight excluding hydrogens is 815 g/mol. The zero-order valence-electron chi connectivity index (χ0n) is 36.7. The largest absolute Gasteiger partial charge is 0.467 e. The highest BCUT2D eigenvalue weighted by Gasteiger charge is 2.44. The Bertz CT molecular complexity index is 2550. The Morgan fingerprint density at radius 1 is 0.708 bits per heavy atom. The summed E-state index contributed by atoms with van der Waals surface area (Å²) in [5, 5.41) is 16.7. The van der Waals surface area contributed by atoms with Crippen LogP contribution in [0.4, 0.5) is 9.59 Å². The van der Waals surface area contributed by atoms with E-state index in [4.69, 9.17) is 19.8 Å². The number of carbonyl (C=O) groups excluding carboxylic acids is 3. The molecule has 1 aromatic heterocycles. The summed E-state index contributed by atoms with van der Waals surface area (Å²) in [4.78, 5) is 43.7. The van der Waals surface area contributed by atoms with Crippen LogP contribution in [0.3, 0.4) is 0 Å². The van der Waals surface area contributed by atoms with Crippen molar-refractivity contribution in [1.82, 2.24) is 35.3 Å². The smallest absolute Gasteiger partial charge is 0.407 e. The van der Waals surface area contributed by atoms with Crippen molar-refractivity contribution in [2.45, 2.75) is 63.4 Å². The van der Waals surface area contributed by atoms with Crippen LogP contribution in [-0.2, 0) is 33.0 Å². The Balaban J connectivity index is 1.07. The van der Waals surface area contributed by atoms with Gasteiger partial charge in [-0.15, -0.1) is 5.10 Å². The molecule has 3 amide bonds. The first-order chi connectivity index (χ1) is 31.9. The SMILES string of the molecule is CCCCCN(Cc1ccc(-c2ccccc2-c2nnnn2C(c2ccccc2)(c2ccccc2)c2ccccc2)cc1)C(=O)N1C[C@@H](NC(=O)OCc2ccccc2)C[C@H]1C(=O)OC. The second-order valence-electron chi connectivity index (χ2n) is 16.2. The van der Waals surface area contributed by atoms with Crippen molar-refractivity contribution in [1.29, 1.82) is 0 Å². The van der Waals surface area contributed by atoms with Crippen LogP contribution in [0.1, 0.15) is 60.4 Å². The molecule has 12 nitrogen and oxygen atoms in total. The monoisotopic (exact) mass is 867 g/mol. The number of carbonyl (C=O) groups is 3. The van der Waals surface area contributed by atoms with E-state index in [2.05, 4.69) is 72.1 Å². The zero-order valence-corrected chi connectivity index (χ0v) is 36.7. The molecule has 1 fully saturated rings. The first kappa shape index (κ1) is 44.0. The fourth-order valence-corrected chi connectivity index (χ4v) is 8.85. The van der Waals surface area contributed by atoms with E-state index >= 15 is 0 Å². The molecule has 7 aromatic rings. The molecule has 0 saturated carbocycles. The number of likely N-dealkylation sites (tertiary alicyclic amines) is 1. The minimum atomic E-state index is -0.919. The molecule has 8 rings (SSSR count).